The molecule has 0 saturated heterocycles. The summed E-state index contributed by atoms with van der Waals surface area (Å²) in [6.45, 7) is 0. The molecule has 1 aliphatic carbocycles. The molecule has 0 fully saturated rings. The fourth-order valence-corrected chi connectivity index (χ4v) is 8.85. The monoisotopic (exact) mass is 736 g/mol. The molecular weight excluding hydrogens is 701 g/mol. The maximum absolute atomic E-state index is 8.93. The standard InChI is InChI=1S/C56H36N2/c57-56(42-11-2-1-3-12-42)58-53(44-30-31-47-48-18-8-14-40-15-9-19-49(55(40)48)52(47)35-44)33-22-36-20-23-37(24-21-36)38-25-27-41(28-26-38)54-46-17-7-5-13-43(46)34-51-45-16-6-4-10-39(45)29-32-50(51)54/h1-35,57H/b33-22+,57-56?,58-53?. The van der Waals surface area contributed by atoms with Gasteiger partial charge in [-0.3, -0.25) is 5.41 Å². The van der Waals surface area contributed by atoms with Gasteiger partial charge in [-0.25, -0.2) is 4.99 Å². The zero-order valence-corrected chi connectivity index (χ0v) is 31.7. The van der Waals surface area contributed by atoms with Crippen molar-refractivity contribution in [1.82, 2.24) is 0 Å². The highest BCUT2D eigenvalue weighted by atomic mass is 14.8. The molecule has 0 aromatic heterocycles. The summed E-state index contributed by atoms with van der Waals surface area (Å²) in [6, 6.07) is 71.3. The predicted molar refractivity (Wildman–Crippen MR) is 247 cm³/mol. The number of nitrogens with zero attached hydrogens (tertiary/aromatic N) is 1. The van der Waals surface area contributed by atoms with Gasteiger partial charge in [0.2, 0.25) is 0 Å². The van der Waals surface area contributed by atoms with Crippen molar-refractivity contribution in [2.24, 2.45) is 4.99 Å². The zero-order chi connectivity index (χ0) is 38.6. The Labute approximate surface area is 337 Å². The van der Waals surface area contributed by atoms with Crippen LogP contribution in [0.15, 0.2) is 211 Å². The first-order valence-corrected chi connectivity index (χ1v) is 19.8. The summed E-state index contributed by atoms with van der Waals surface area (Å²) in [6.07, 6.45) is 4.14. The lowest BCUT2D eigenvalue weighted by Crippen LogP contribution is -2.04. The third-order valence-electron chi connectivity index (χ3n) is 11.7. The highest BCUT2D eigenvalue weighted by Crippen LogP contribution is 2.47. The Bertz CT molecular complexity index is 3310. The molecule has 10 aromatic rings. The van der Waals surface area contributed by atoms with Gasteiger partial charge >= 0.3 is 0 Å². The summed E-state index contributed by atoms with van der Waals surface area (Å²) in [7, 11) is 0. The van der Waals surface area contributed by atoms with Crippen LogP contribution >= 0.6 is 0 Å². The lowest BCUT2D eigenvalue weighted by molar-refractivity contribution is 1.41. The van der Waals surface area contributed by atoms with Crippen LogP contribution in [-0.2, 0) is 0 Å². The number of benzene rings is 10. The molecule has 0 heterocycles. The molecule has 0 saturated carbocycles. The van der Waals surface area contributed by atoms with Crippen LogP contribution in [0.4, 0.5) is 0 Å². The van der Waals surface area contributed by atoms with Crippen LogP contribution in [0.5, 0.6) is 0 Å². The van der Waals surface area contributed by atoms with E-state index in [-0.39, 0.29) is 5.84 Å². The molecule has 0 amide bonds. The van der Waals surface area contributed by atoms with Crippen LogP contribution in [0.3, 0.4) is 0 Å². The van der Waals surface area contributed by atoms with Crippen molar-refractivity contribution < 1.29 is 0 Å². The summed E-state index contributed by atoms with van der Waals surface area (Å²) in [5, 5.41) is 19.1. The summed E-state index contributed by atoms with van der Waals surface area (Å²) in [4.78, 5) is 4.92. The molecule has 270 valence electrons. The van der Waals surface area contributed by atoms with Crippen molar-refractivity contribution in [1.29, 1.82) is 5.41 Å². The quantitative estimate of drug-likeness (QED) is 0.0764. The van der Waals surface area contributed by atoms with Crippen LogP contribution in [0, 0.1) is 5.41 Å². The molecule has 0 unspecified atom stereocenters. The van der Waals surface area contributed by atoms with E-state index in [1.165, 1.54) is 82.0 Å². The fourth-order valence-electron chi connectivity index (χ4n) is 8.85. The smallest absolute Gasteiger partial charge is 0.152 e. The molecule has 0 atom stereocenters. The summed E-state index contributed by atoms with van der Waals surface area (Å²) in [5.41, 5.74) is 13.3. The summed E-state index contributed by atoms with van der Waals surface area (Å²) in [5.74, 6) is 0.231. The maximum atomic E-state index is 8.93. The lowest BCUT2D eigenvalue weighted by atomic mass is 9.89. The average molecular weight is 737 g/mol. The van der Waals surface area contributed by atoms with Crippen molar-refractivity contribution in [2.75, 3.05) is 0 Å². The Kier molecular flexibility index (Phi) is 8.01. The van der Waals surface area contributed by atoms with E-state index < -0.39 is 0 Å². The zero-order valence-electron chi connectivity index (χ0n) is 31.7. The molecular formula is C56H36N2. The highest BCUT2D eigenvalue weighted by Gasteiger charge is 2.22. The molecule has 2 heteroatoms. The number of allylic oxidation sites excluding steroid dienone is 1. The van der Waals surface area contributed by atoms with Crippen LogP contribution in [0.25, 0.3) is 93.7 Å². The van der Waals surface area contributed by atoms with E-state index in [0.717, 1.165) is 28.0 Å². The summed E-state index contributed by atoms with van der Waals surface area (Å²) >= 11 is 0. The fraction of sp³-hybridized carbons (Fsp3) is 0. The molecule has 58 heavy (non-hydrogen) atoms. The second-order valence-electron chi connectivity index (χ2n) is 15.1. The van der Waals surface area contributed by atoms with E-state index in [4.69, 9.17) is 10.4 Å². The van der Waals surface area contributed by atoms with Crippen molar-refractivity contribution in [3.8, 4) is 44.5 Å². The molecule has 2 nitrogen and oxygen atoms in total. The molecule has 1 N–H and O–H groups in total. The topological polar surface area (TPSA) is 36.2 Å². The molecule has 1 aliphatic rings. The van der Waals surface area contributed by atoms with Gasteiger partial charge in [-0.1, -0.05) is 194 Å². The SMILES string of the molecule is N=C(N=C(/C=C/c1ccc(-c2ccc(-c3c4ccccc4cc4c3ccc3ccccc34)cc2)cc1)c1ccc2c(c1)-c1cccc3cccc-2c13)c1ccccc1. The van der Waals surface area contributed by atoms with Gasteiger partial charge in [0.1, 0.15) is 0 Å². The molecule has 11 rings (SSSR count). The van der Waals surface area contributed by atoms with Crippen LogP contribution < -0.4 is 0 Å². The number of aliphatic imine (C=N–C) groups is 1. The van der Waals surface area contributed by atoms with E-state index in [2.05, 4.69) is 176 Å². The van der Waals surface area contributed by atoms with Crippen LogP contribution in [0.1, 0.15) is 16.7 Å². The third-order valence-corrected chi connectivity index (χ3v) is 11.7. The van der Waals surface area contributed by atoms with Gasteiger partial charge in [0, 0.05) is 11.1 Å². The number of fused-ring (bicyclic) bond motifs is 7. The van der Waals surface area contributed by atoms with E-state index >= 15 is 0 Å². The lowest BCUT2D eigenvalue weighted by Gasteiger charge is -2.14. The van der Waals surface area contributed by atoms with Gasteiger partial charge in [0.05, 0.1) is 5.71 Å². The van der Waals surface area contributed by atoms with Crippen molar-refractivity contribution >= 4 is 60.7 Å². The van der Waals surface area contributed by atoms with Crippen LogP contribution in [-0.4, -0.2) is 11.5 Å². The molecule has 0 radical (unpaired) electrons. The molecule has 0 aliphatic heterocycles. The first kappa shape index (κ1) is 33.6. The van der Waals surface area contributed by atoms with Gasteiger partial charge < -0.3 is 0 Å². The third kappa shape index (κ3) is 5.74. The van der Waals surface area contributed by atoms with Crippen molar-refractivity contribution in [3.63, 3.8) is 0 Å². The Morgan fingerprint density at radius 2 is 1.03 bits per heavy atom. The first-order chi connectivity index (χ1) is 28.7. The molecule has 0 bridgehead atoms. The van der Waals surface area contributed by atoms with Gasteiger partial charge in [-0.2, -0.15) is 0 Å². The minimum atomic E-state index is 0.231. The number of amidine groups is 1. The van der Waals surface area contributed by atoms with Gasteiger partial charge in [-0.05, 0) is 111 Å². The first-order valence-electron chi connectivity index (χ1n) is 19.8. The minimum absolute atomic E-state index is 0.231. The molecule has 0 spiro atoms. The number of hydrogen-bond donors (Lipinski definition) is 1. The number of hydrogen-bond acceptors (Lipinski definition) is 1. The average Bonchev–Trinajstić information content (AvgIpc) is 3.61. The van der Waals surface area contributed by atoms with Crippen molar-refractivity contribution in [2.45, 2.75) is 0 Å². The van der Waals surface area contributed by atoms with Gasteiger partial charge in [-0.15, -0.1) is 0 Å². The summed E-state index contributed by atoms with van der Waals surface area (Å²) < 4.78 is 0. The predicted octanol–water partition coefficient (Wildman–Crippen LogP) is 14.8. The Hall–Kier alpha value is -7.68. The second-order valence-corrected chi connectivity index (χ2v) is 15.1. The van der Waals surface area contributed by atoms with E-state index in [9.17, 15) is 0 Å². The van der Waals surface area contributed by atoms with E-state index in [0.29, 0.717) is 0 Å². The van der Waals surface area contributed by atoms with Crippen molar-refractivity contribution in [3.05, 3.63) is 223 Å². The highest BCUT2D eigenvalue weighted by molar-refractivity contribution is 6.22. The van der Waals surface area contributed by atoms with Crippen LogP contribution in [0.2, 0.25) is 0 Å². The maximum Gasteiger partial charge on any atom is 0.152 e. The largest absolute Gasteiger partial charge is 0.282 e. The van der Waals surface area contributed by atoms with E-state index in [1.54, 1.807) is 0 Å². The van der Waals surface area contributed by atoms with E-state index in [1.807, 2.05) is 36.4 Å². The second kappa shape index (κ2) is 13.8. The number of nitrogens with one attached hydrogen (secondary N) is 1. The Balaban J connectivity index is 0.918. The normalized spacial score (nSPS) is 12.2. The Morgan fingerprint density at radius 1 is 0.397 bits per heavy atom. The minimum Gasteiger partial charge on any atom is -0.282 e. The number of rotatable bonds is 6. The molecule has 10 aromatic carbocycles. The van der Waals surface area contributed by atoms with Gasteiger partial charge in [0.25, 0.3) is 0 Å². The Morgan fingerprint density at radius 3 is 1.81 bits per heavy atom. The van der Waals surface area contributed by atoms with Gasteiger partial charge in [0.15, 0.2) is 5.84 Å².